The van der Waals surface area contributed by atoms with Crippen LogP contribution in [-0.4, -0.2) is 162 Å². The molecule has 22 aromatic heterocycles. The first-order valence-corrected chi connectivity index (χ1v) is 50.0. The van der Waals surface area contributed by atoms with Crippen LogP contribution in [-0.2, 0) is 26.2 Å². The number of imidazole rings is 8. The molecule has 0 bridgehead atoms. The standard InChI is InChI=1S/C90H55N37O5S5Se/c1-2-15-52-51(14-1)104-82(105-52)137(70-27-42-134-116-70,81-95-30-31-96-81,86-107-55-18-5-8-24-62(55)138-86)88(63-26-40-129-115-63,65-47-121-39-33-98-84(121)136-65)90(78-93-35-43-133-78,124(85-106-54-17-4-7-23-61(54)135-85)127(137)58-20-11-22-60-71(58)113-117-131-60)89(77-103-56-19-12-28-92-74(56)111-77)87(64-46-118-36-10-9-25-66(118)108-64,73-72(132-125(114-73)83-97-34-41-128-83)76-102-53-16-3-6-21-59(53)130-76)122(68-48-119-38-32-91-45-67(119)109-68)126(69-49-120-37-13-29-94-79(120)110-69)123(89)80-99-44-57-75(112-80)101-50-100-57/h1-50,114H,(H,95,96)(H,104,105)(H,92,103,111)(H,99,100,101,112). The molecule has 138 heavy (non-hydrogen) atoms. The van der Waals surface area contributed by atoms with Gasteiger partial charge in [0.2, 0.25) is 0 Å². The van der Waals surface area contributed by atoms with E-state index in [1.807, 2.05) is 245 Å². The van der Waals surface area contributed by atoms with Crippen LogP contribution in [0.15, 0.2) is 348 Å². The summed E-state index contributed by atoms with van der Waals surface area (Å²) < 4.78 is 43.4. The number of aromatic nitrogens is 30. The number of nitrogens with one attached hydrogen (secondary N) is 5. The van der Waals surface area contributed by atoms with Gasteiger partial charge in [0.15, 0.2) is 0 Å². The Hall–Kier alpha value is -17.8. The number of para-hydroxylation sites is 6. The van der Waals surface area contributed by atoms with E-state index in [9.17, 15) is 0 Å². The molecule has 0 radical (unpaired) electrons. The summed E-state index contributed by atoms with van der Waals surface area (Å²) in [7, 11) is -7.88. The van der Waals surface area contributed by atoms with Crippen molar-refractivity contribution in [1.82, 2.24) is 153 Å². The Morgan fingerprint density at radius 1 is 0.529 bits per heavy atom. The molecule has 2 fully saturated rings. The van der Waals surface area contributed by atoms with E-state index in [1.54, 1.807) is 62.2 Å². The molecule has 3 aliphatic heterocycles. The van der Waals surface area contributed by atoms with Gasteiger partial charge in [0, 0.05) is 0 Å². The van der Waals surface area contributed by atoms with Crippen LogP contribution in [0.25, 0.3) is 103 Å². The van der Waals surface area contributed by atoms with Gasteiger partial charge in [-0.25, -0.2) is 0 Å². The van der Waals surface area contributed by atoms with Crippen molar-refractivity contribution < 1.29 is 22.7 Å². The molecule has 5 aromatic carbocycles. The number of hydrogen-bond acceptors (Lipinski definition) is 38. The fourth-order valence-electron chi connectivity index (χ4n) is 21.4. The van der Waals surface area contributed by atoms with Crippen molar-refractivity contribution in [1.29, 1.82) is 0 Å². The summed E-state index contributed by atoms with van der Waals surface area (Å²) in [6.07, 6.45) is 36.8. The van der Waals surface area contributed by atoms with Crippen LogP contribution in [0.1, 0.15) is 33.0 Å². The summed E-state index contributed by atoms with van der Waals surface area (Å²) in [6, 6.07) is 52.3. The number of nitrogens with zero attached hydrogens (tertiary/aromatic N) is 32. The number of pyridine rings is 2. The number of fused-ring (bicyclic) bond motifs is 11. The van der Waals surface area contributed by atoms with E-state index in [0.717, 1.165) is 4.26 Å². The van der Waals surface area contributed by atoms with Crippen LogP contribution < -0.4 is 35.2 Å². The van der Waals surface area contributed by atoms with Gasteiger partial charge in [-0.3, -0.25) is 0 Å². The van der Waals surface area contributed by atoms with E-state index in [4.69, 9.17) is 127 Å². The van der Waals surface area contributed by atoms with Gasteiger partial charge in [-0.05, 0) is 0 Å². The van der Waals surface area contributed by atoms with Gasteiger partial charge in [-0.2, -0.15) is 0 Å². The number of rotatable bonds is 18. The van der Waals surface area contributed by atoms with Crippen molar-refractivity contribution in [2.75, 3.05) is 29.7 Å². The monoisotopic (exact) mass is 1970 g/mol. The van der Waals surface area contributed by atoms with Gasteiger partial charge in [0.25, 0.3) is 0 Å². The molecule has 0 aliphatic carbocycles. The van der Waals surface area contributed by atoms with Crippen LogP contribution >= 0.6 is 54.0 Å². The van der Waals surface area contributed by atoms with Gasteiger partial charge in [-0.1, -0.05) is 12.1 Å². The van der Waals surface area contributed by atoms with Gasteiger partial charge >= 0.3 is 783 Å². The first-order valence-electron chi connectivity index (χ1n) is 42.6. The zero-order chi connectivity index (χ0) is 90.5. The van der Waals surface area contributed by atoms with Crippen molar-refractivity contribution in [2.24, 2.45) is 0 Å². The molecular weight excluding hydrogens is 1920 g/mol. The number of hydrogen-bond donors (Lipinski definition) is 5. The third-order valence-electron chi connectivity index (χ3n) is 26.2. The molecular formula is C90H55N37O5S5Se. The zero-order valence-corrected chi connectivity index (χ0v) is 76.0. The van der Waals surface area contributed by atoms with Gasteiger partial charge < -0.3 is 0 Å². The van der Waals surface area contributed by atoms with E-state index in [1.165, 1.54) is 63.2 Å². The van der Waals surface area contributed by atoms with E-state index >= 15 is 0 Å². The number of benzene rings is 5. The number of hydrazine groups is 4. The molecule has 42 nitrogen and oxygen atoms in total. The Morgan fingerprint density at radius 3 is 2.23 bits per heavy atom. The summed E-state index contributed by atoms with van der Waals surface area (Å²) >= 11 is 3.90. The summed E-state index contributed by atoms with van der Waals surface area (Å²) in [5.41, 5.74) is 0.183. The molecule has 25 heterocycles. The van der Waals surface area contributed by atoms with Crippen LogP contribution in [0, 0.1) is 0 Å². The van der Waals surface area contributed by atoms with Gasteiger partial charge in [-0.15, -0.1) is 0 Å². The molecule has 0 amide bonds. The van der Waals surface area contributed by atoms with Gasteiger partial charge in [0.1, 0.15) is 0 Å². The molecule has 48 heteroatoms. The minimum absolute atomic E-state index is 0.0518. The molecule has 666 valence electrons. The van der Waals surface area contributed by atoms with Crippen LogP contribution in [0.5, 0.6) is 0 Å². The molecule has 4 atom stereocenters. The quantitative estimate of drug-likeness (QED) is 0.0498. The summed E-state index contributed by atoms with van der Waals surface area (Å²) in [5, 5.41) is 30.3. The van der Waals surface area contributed by atoms with Crippen LogP contribution in [0.2, 0.25) is 0 Å². The first kappa shape index (κ1) is 76.7. The molecule has 0 spiro atoms. The third kappa shape index (κ3) is 9.02. The van der Waals surface area contributed by atoms with Crippen LogP contribution in [0.3, 0.4) is 0 Å². The summed E-state index contributed by atoms with van der Waals surface area (Å²) in [6.45, 7) is 0. The topological polar surface area (TPSA) is 458 Å². The number of oxazole rings is 2. The zero-order valence-electron chi connectivity index (χ0n) is 70.2. The fourth-order valence-corrected chi connectivity index (χ4v) is 41.6. The molecule has 3 aliphatic rings. The Labute approximate surface area is 789 Å². The summed E-state index contributed by atoms with van der Waals surface area (Å²) in [4.78, 5) is 131. The van der Waals surface area contributed by atoms with Crippen molar-refractivity contribution in [3.8, 4) is 0 Å². The van der Waals surface area contributed by atoms with E-state index in [0.29, 0.717) is 73.9 Å². The average Bonchev–Trinajstić information content (AvgIpc) is 1.36. The second-order valence-electron chi connectivity index (χ2n) is 32.6. The second-order valence-corrected chi connectivity index (χ2v) is 44.4. The van der Waals surface area contributed by atoms with Crippen molar-refractivity contribution in [2.45, 2.75) is 40.6 Å². The Bertz CT molecular complexity index is 9180. The number of aromatic amines is 4. The fraction of sp³-hybridized carbons (Fsp3) is 0.0444. The van der Waals surface area contributed by atoms with Crippen molar-refractivity contribution in [3.63, 3.8) is 0 Å². The maximum absolute atomic E-state index is 7.98. The first-order chi connectivity index (χ1) is 68.2. The Kier molecular flexibility index (Phi) is 15.3. The minimum atomic E-state index is -7.88. The molecule has 5 N–H and O–H groups in total. The molecule has 30 rings (SSSR count). The maximum atomic E-state index is 7.98. The van der Waals surface area contributed by atoms with E-state index < -0.39 is 44.3 Å². The molecule has 0 saturated carbocycles. The normalized spacial score (nSPS) is 19.9. The SMILES string of the molecule is c1ccc2[nH]c(S3(c4ccsn4)(c4ncc[nH]4)(c4nc5ccccc5[se]4)N(c4cccc5onnc45)N(c4nc5ccccc5s4)C(c4nccs4)(C4(c5nc6ncccc6[nH]5)N(c5ncc6[nH]cnc6n5)N(c5cn6cccnc6n5)N(c5cn6ccncc6n5)C4(C4=C(c5nc6ccccc6o5)ON(c5ncco5)N4)c4cn5ccccc5n4)C3(c3ccon3)c3cn4ccnc4s3)nc2c1. The Balaban J connectivity index is 1.01. The average molecular weight is 1970 g/mol. The van der Waals surface area contributed by atoms with E-state index in [2.05, 4.69) is 58.4 Å². The van der Waals surface area contributed by atoms with Crippen molar-refractivity contribution >= 4 is 206 Å². The predicted molar refractivity (Wildman–Crippen MR) is 508 cm³/mol. The van der Waals surface area contributed by atoms with Crippen molar-refractivity contribution in [3.05, 3.63) is 344 Å². The number of anilines is 6. The molecule has 4 unspecified atom stereocenters. The molecule has 27 aromatic rings. The molecule has 2 saturated heterocycles. The number of H-pyrrole nitrogens is 4. The summed E-state index contributed by atoms with van der Waals surface area (Å²) in [5.74, 6) is -0.199. The van der Waals surface area contributed by atoms with Gasteiger partial charge in [0.05, 0.1) is 0 Å². The number of thiazole rings is 3. The predicted octanol–water partition coefficient (Wildman–Crippen LogP) is 15.0. The Morgan fingerprint density at radius 2 is 1.39 bits per heavy atom. The van der Waals surface area contributed by atoms with Crippen LogP contribution in [0.4, 0.5) is 34.4 Å². The van der Waals surface area contributed by atoms with E-state index in [-0.39, 0.29) is 117 Å². The second kappa shape index (κ2) is 27.5. The third-order valence-corrected chi connectivity index (χ3v) is 42.7.